The van der Waals surface area contributed by atoms with Gasteiger partial charge in [0, 0.05) is 0 Å². The molecule has 0 bridgehead atoms. The molecule has 1 aliphatic carbocycles. The van der Waals surface area contributed by atoms with E-state index in [0.29, 0.717) is 0 Å². The SMILES string of the molecule is CC(C)(C)c1cc(-c2c3cc4c5ccccc5c5cccc(c3c(-c3cc(C(C)(C)C)cc(C(C)(C)C)c3)c3c6ccc(-c7cc(-c8ccccc8)c8c(c7-c7ccccc7)-c7cccc9cccc-8c79)c7cccc(c23)c76)c54)cc(C(C)(C)C)c1. The van der Waals surface area contributed by atoms with Crippen molar-refractivity contribution in [2.45, 2.75) is 105 Å². The van der Waals surface area contributed by atoms with Crippen molar-refractivity contribution in [1.29, 1.82) is 0 Å². The third kappa shape index (κ3) is 7.67. The van der Waals surface area contributed by atoms with Crippen molar-refractivity contribution in [3.63, 3.8) is 0 Å². The van der Waals surface area contributed by atoms with Crippen LogP contribution >= 0.6 is 0 Å². The fraction of sp³-hybridized carbons (Fsp3) is 0.186. The van der Waals surface area contributed by atoms with Crippen molar-refractivity contribution in [3.8, 4) is 77.9 Å². The molecule has 16 rings (SSSR count). The van der Waals surface area contributed by atoms with Gasteiger partial charge in [0.2, 0.25) is 0 Å². The number of hydrogen-bond donors (Lipinski definition) is 0. The molecule has 0 N–H and O–H groups in total. The smallest absolute Gasteiger partial charge is 0.000718 e. The van der Waals surface area contributed by atoms with Crippen LogP contribution in [0.5, 0.6) is 0 Å². The number of rotatable bonds is 5. The lowest BCUT2D eigenvalue weighted by atomic mass is 9.76. The summed E-state index contributed by atoms with van der Waals surface area (Å²) in [6.45, 7) is 28.6. The molecule has 86 heavy (non-hydrogen) atoms. The van der Waals surface area contributed by atoms with E-state index in [9.17, 15) is 0 Å². The standard InChI is InChI=1S/C86H72/c1-83(2,3)54-41-52(42-55(45-54)84(4,5)6)74-71-48-70-59-32-20-19-31-58(59)61-33-23-37-65(77(61)70)79(71)75(53-43-56(85(7,8)9)46-57(44-53)86(10,11)12)82-67-40-39-60(62-34-24-38-66(76(62)67)81(74)82)69-47-68(49-25-15-13-16-26-49)78-63-35-21-29-50-30-22-36-64(72(50)63)80(78)73(69)51-27-17-14-18-28-51/h13-48H,1-12H3. The summed E-state index contributed by atoms with van der Waals surface area (Å²) in [4.78, 5) is 0. The normalized spacial score (nSPS) is 13.1. The Labute approximate surface area is 506 Å². The summed E-state index contributed by atoms with van der Waals surface area (Å²) in [5.74, 6) is 0. The maximum absolute atomic E-state index is 2.62. The molecule has 0 aliphatic heterocycles. The predicted octanol–water partition coefficient (Wildman–Crippen LogP) is 25.0. The van der Waals surface area contributed by atoms with Crippen LogP contribution in [0.1, 0.15) is 105 Å². The Bertz CT molecular complexity index is 5260. The topological polar surface area (TPSA) is 0 Å². The van der Waals surface area contributed by atoms with Crippen molar-refractivity contribution in [3.05, 3.63) is 241 Å². The summed E-state index contributed by atoms with van der Waals surface area (Å²) in [6.07, 6.45) is 0. The van der Waals surface area contributed by atoms with Gasteiger partial charge in [-0.3, -0.25) is 0 Å². The molecule has 0 fully saturated rings. The molecule has 416 valence electrons. The molecule has 0 amide bonds. The quantitative estimate of drug-likeness (QED) is 0.151. The Morgan fingerprint density at radius 1 is 0.186 bits per heavy atom. The van der Waals surface area contributed by atoms with Gasteiger partial charge in [-0.2, -0.15) is 0 Å². The average molecular weight is 1110 g/mol. The highest BCUT2D eigenvalue weighted by Gasteiger charge is 2.34. The van der Waals surface area contributed by atoms with Crippen LogP contribution in [-0.2, 0) is 21.7 Å². The van der Waals surface area contributed by atoms with Crippen LogP contribution < -0.4 is 0 Å². The van der Waals surface area contributed by atoms with Gasteiger partial charge in [0.1, 0.15) is 0 Å². The molecule has 0 saturated carbocycles. The molecule has 0 saturated heterocycles. The summed E-state index contributed by atoms with van der Waals surface area (Å²) in [7, 11) is 0. The second kappa shape index (κ2) is 18.2. The number of benzene rings is 13. The zero-order valence-electron chi connectivity index (χ0n) is 51.8. The second-order valence-corrected chi connectivity index (χ2v) is 29.1. The summed E-state index contributed by atoms with van der Waals surface area (Å²) < 4.78 is 0. The molecular formula is C86H72. The van der Waals surface area contributed by atoms with Crippen molar-refractivity contribution in [1.82, 2.24) is 0 Å². The highest BCUT2D eigenvalue weighted by atomic mass is 14.4. The van der Waals surface area contributed by atoms with Gasteiger partial charge in [-0.25, -0.2) is 0 Å². The van der Waals surface area contributed by atoms with Crippen LogP contribution in [0.2, 0.25) is 0 Å². The van der Waals surface area contributed by atoms with E-state index < -0.39 is 0 Å². The maximum atomic E-state index is 2.62. The first-order valence-corrected chi connectivity index (χ1v) is 31.2. The predicted molar refractivity (Wildman–Crippen MR) is 375 cm³/mol. The van der Waals surface area contributed by atoms with Crippen LogP contribution in [0.25, 0.3) is 164 Å². The summed E-state index contributed by atoms with van der Waals surface area (Å²) >= 11 is 0. The first-order chi connectivity index (χ1) is 41.2. The van der Waals surface area contributed by atoms with Crippen LogP contribution in [0.15, 0.2) is 218 Å². The van der Waals surface area contributed by atoms with E-state index in [2.05, 4.69) is 301 Å². The molecule has 0 unspecified atom stereocenters. The summed E-state index contributed by atoms with van der Waals surface area (Å²) in [5.41, 5.74) is 22.9. The van der Waals surface area contributed by atoms with E-state index in [1.54, 1.807) is 0 Å². The van der Waals surface area contributed by atoms with Crippen LogP contribution in [-0.4, -0.2) is 0 Å². The Kier molecular flexibility index (Phi) is 11.1. The van der Waals surface area contributed by atoms with E-state index in [4.69, 9.17) is 0 Å². The molecule has 15 aromatic rings. The third-order valence-electron chi connectivity index (χ3n) is 19.6. The first-order valence-electron chi connectivity index (χ1n) is 31.2. The lowest BCUT2D eigenvalue weighted by Crippen LogP contribution is -2.16. The molecule has 0 spiro atoms. The van der Waals surface area contributed by atoms with Gasteiger partial charge in [0.15, 0.2) is 0 Å². The van der Waals surface area contributed by atoms with Gasteiger partial charge >= 0.3 is 0 Å². The second-order valence-electron chi connectivity index (χ2n) is 29.1. The summed E-state index contributed by atoms with van der Waals surface area (Å²) in [6, 6.07) is 85.2. The molecule has 0 nitrogen and oxygen atoms in total. The lowest BCUT2D eigenvalue weighted by molar-refractivity contribution is 0.568. The van der Waals surface area contributed by atoms with Gasteiger partial charge in [-0.05, 0) is 220 Å². The highest BCUT2D eigenvalue weighted by molar-refractivity contribution is 6.45. The molecule has 15 aromatic carbocycles. The zero-order chi connectivity index (χ0) is 59.1. The van der Waals surface area contributed by atoms with Gasteiger partial charge in [-0.1, -0.05) is 289 Å². The van der Waals surface area contributed by atoms with E-state index in [1.807, 2.05) is 0 Å². The van der Waals surface area contributed by atoms with E-state index in [1.165, 1.54) is 186 Å². The maximum Gasteiger partial charge on any atom is -0.000718 e. The molecule has 0 atom stereocenters. The van der Waals surface area contributed by atoms with Gasteiger partial charge in [0.25, 0.3) is 0 Å². The lowest BCUT2D eigenvalue weighted by Gasteiger charge is -2.28. The van der Waals surface area contributed by atoms with Crippen LogP contribution in [0.4, 0.5) is 0 Å². The van der Waals surface area contributed by atoms with Crippen LogP contribution in [0.3, 0.4) is 0 Å². The van der Waals surface area contributed by atoms with Gasteiger partial charge in [0.05, 0.1) is 0 Å². The minimum Gasteiger partial charge on any atom is -0.0622 e. The minimum absolute atomic E-state index is 0.101. The van der Waals surface area contributed by atoms with Gasteiger partial charge in [-0.15, -0.1) is 0 Å². The fourth-order valence-corrected chi connectivity index (χ4v) is 15.3. The average Bonchev–Trinajstić information content (AvgIpc) is 1.48. The van der Waals surface area contributed by atoms with Crippen molar-refractivity contribution in [2.75, 3.05) is 0 Å². The molecule has 0 aromatic heterocycles. The molecule has 0 radical (unpaired) electrons. The van der Waals surface area contributed by atoms with Crippen molar-refractivity contribution < 1.29 is 0 Å². The number of hydrogen-bond acceptors (Lipinski definition) is 0. The Morgan fingerprint density at radius 3 is 1.21 bits per heavy atom. The Balaban J connectivity index is 1.15. The van der Waals surface area contributed by atoms with Crippen LogP contribution in [0, 0.1) is 0 Å². The monoisotopic (exact) mass is 1100 g/mol. The largest absolute Gasteiger partial charge is 0.0622 e. The molecule has 1 aliphatic rings. The zero-order valence-corrected chi connectivity index (χ0v) is 51.8. The van der Waals surface area contributed by atoms with E-state index >= 15 is 0 Å². The molecule has 0 heterocycles. The van der Waals surface area contributed by atoms with E-state index in [-0.39, 0.29) is 21.7 Å². The highest BCUT2D eigenvalue weighted by Crippen LogP contribution is 2.60. The first kappa shape index (κ1) is 52.5. The molecule has 0 heteroatoms. The minimum atomic E-state index is -0.103. The van der Waals surface area contributed by atoms with E-state index in [0.717, 1.165) is 0 Å². The Morgan fingerprint density at radius 2 is 0.628 bits per heavy atom. The van der Waals surface area contributed by atoms with Crippen molar-refractivity contribution >= 4 is 86.2 Å². The number of fused-ring (bicyclic) bond motifs is 11. The van der Waals surface area contributed by atoms with Gasteiger partial charge < -0.3 is 0 Å². The third-order valence-corrected chi connectivity index (χ3v) is 19.6. The Hall–Kier alpha value is -9.10. The molecular weight excluding hydrogens is 1030 g/mol. The van der Waals surface area contributed by atoms with Crippen molar-refractivity contribution in [2.24, 2.45) is 0 Å². The fourth-order valence-electron chi connectivity index (χ4n) is 15.3. The summed E-state index contributed by atoms with van der Waals surface area (Å²) in [5, 5.41) is 21.0.